The molecule has 0 aliphatic heterocycles. The molecule has 0 unspecified atom stereocenters. The van der Waals surface area contributed by atoms with E-state index < -0.39 is 17.4 Å². The molecule has 6 heteroatoms. The van der Waals surface area contributed by atoms with E-state index in [-0.39, 0.29) is 61.3 Å². The second-order valence-corrected chi connectivity index (χ2v) is 5.98. The predicted molar refractivity (Wildman–Crippen MR) is 98.8 cm³/mol. The molecule has 0 spiro atoms. The Bertz CT molecular complexity index is 297. The van der Waals surface area contributed by atoms with Gasteiger partial charge in [0, 0.05) is 0 Å². The Hall–Kier alpha value is 0.537. The van der Waals surface area contributed by atoms with Crippen LogP contribution in [-0.4, -0.2) is 70.6 Å². The molecule has 0 amide bonds. The van der Waals surface area contributed by atoms with Crippen molar-refractivity contribution < 1.29 is 19.8 Å². The third kappa shape index (κ3) is 11.7. The van der Waals surface area contributed by atoms with Gasteiger partial charge in [-0.1, -0.05) is 78.1 Å². The van der Waals surface area contributed by atoms with Crippen molar-refractivity contribution >= 4 is 60.4 Å². The van der Waals surface area contributed by atoms with E-state index in [2.05, 4.69) is 6.92 Å². The molecule has 0 aliphatic carbocycles. The minimum atomic E-state index is -1.58. The Labute approximate surface area is 175 Å². The van der Waals surface area contributed by atoms with E-state index in [0.717, 1.165) is 12.8 Å². The standard InChI is InChI=1S/C17H32O4.Li.Na.2H/c1-3-5-6-7-8-9-10-11-12-13-14-17(4-2,15(18)19)16(20)21;;;;/h3-14H2,1-2H3,(H,18,19)(H,20,21);;;;. The van der Waals surface area contributed by atoms with Gasteiger partial charge < -0.3 is 10.2 Å². The van der Waals surface area contributed by atoms with Crippen LogP contribution in [0.1, 0.15) is 90.9 Å². The molecule has 23 heavy (non-hydrogen) atoms. The first-order chi connectivity index (χ1) is 10.0. The van der Waals surface area contributed by atoms with Crippen LogP contribution < -0.4 is 0 Å². The maximum atomic E-state index is 11.2. The fourth-order valence-electron chi connectivity index (χ4n) is 2.70. The van der Waals surface area contributed by atoms with Crippen LogP contribution in [0.4, 0.5) is 0 Å². The molecule has 128 valence electrons. The summed E-state index contributed by atoms with van der Waals surface area (Å²) in [6, 6.07) is 0. The van der Waals surface area contributed by atoms with Gasteiger partial charge in [-0.3, -0.25) is 9.59 Å². The van der Waals surface area contributed by atoms with Gasteiger partial charge in [0.05, 0.1) is 0 Å². The molecular formula is C17H34LiNaO4. The summed E-state index contributed by atoms with van der Waals surface area (Å²) >= 11 is 0. The first-order valence-electron chi connectivity index (χ1n) is 8.48. The fourth-order valence-corrected chi connectivity index (χ4v) is 2.70. The summed E-state index contributed by atoms with van der Waals surface area (Å²) in [5.74, 6) is -2.40. The van der Waals surface area contributed by atoms with Crippen molar-refractivity contribution in [2.45, 2.75) is 90.9 Å². The molecule has 0 atom stereocenters. The zero-order valence-electron chi connectivity index (χ0n) is 13.7. The van der Waals surface area contributed by atoms with Gasteiger partial charge in [-0.05, 0) is 12.8 Å². The SMILES string of the molecule is CCCCCCCCCCCCC(CC)(C(=O)O)C(=O)O.[LiH].[NaH]. The zero-order valence-corrected chi connectivity index (χ0v) is 13.7. The van der Waals surface area contributed by atoms with E-state index in [1.54, 1.807) is 6.92 Å². The van der Waals surface area contributed by atoms with E-state index in [9.17, 15) is 9.59 Å². The number of aliphatic carboxylic acids is 2. The first kappa shape index (κ1) is 28.3. The van der Waals surface area contributed by atoms with E-state index in [0.29, 0.717) is 6.42 Å². The molecule has 0 radical (unpaired) electrons. The van der Waals surface area contributed by atoms with Crippen LogP contribution >= 0.6 is 0 Å². The Morgan fingerprint density at radius 2 is 1.09 bits per heavy atom. The molecule has 0 heterocycles. The van der Waals surface area contributed by atoms with Crippen LogP contribution in [0.15, 0.2) is 0 Å². The third-order valence-corrected chi connectivity index (χ3v) is 4.38. The summed E-state index contributed by atoms with van der Waals surface area (Å²) in [5.41, 5.74) is -1.58. The summed E-state index contributed by atoms with van der Waals surface area (Å²) in [4.78, 5) is 22.4. The van der Waals surface area contributed by atoms with E-state index in [1.807, 2.05) is 0 Å². The molecule has 0 rings (SSSR count). The summed E-state index contributed by atoms with van der Waals surface area (Å²) in [5, 5.41) is 18.3. The van der Waals surface area contributed by atoms with Gasteiger partial charge in [0.25, 0.3) is 0 Å². The zero-order chi connectivity index (χ0) is 16.1. The predicted octanol–water partition coefficient (Wildman–Crippen LogP) is 3.57. The van der Waals surface area contributed by atoms with Crippen LogP contribution in [0.25, 0.3) is 0 Å². The second-order valence-electron chi connectivity index (χ2n) is 5.98. The van der Waals surface area contributed by atoms with Gasteiger partial charge in [0.15, 0.2) is 5.41 Å². The van der Waals surface area contributed by atoms with Gasteiger partial charge in [-0.2, -0.15) is 0 Å². The Morgan fingerprint density at radius 1 is 0.739 bits per heavy atom. The fraction of sp³-hybridized carbons (Fsp3) is 0.882. The summed E-state index contributed by atoms with van der Waals surface area (Å²) < 4.78 is 0. The molecule has 0 aromatic carbocycles. The van der Waals surface area contributed by atoms with Crippen molar-refractivity contribution in [3.63, 3.8) is 0 Å². The van der Waals surface area contributed by atoms with Crippen molar-refractivity contribution in [2.75, 3.05) is 0 Å². The normalized spacial score (nSPS) is 10.5. The monoisotopic (exact) mass is 332 g/mol. The summed E-state index contributed by atoms with van der Waals surface area (Å²) in [7, 11) is 0. The summed E-state index contributed by atoms with van der Waals surface area (Å²) in [6.45, 7) is 3.85. The average molecular weight is 332 g/mol. The molecule has 0 fully saturated rings. The first-order valence-corrected chi connectivity index (χ1v) is 8.48. The number of carbonyl (C=O) groups is 2. The minimum absolute atomic E-state index is 0. The van der Waals surface area contributed by atoms with Crippen molar-refractivity contribution in [1.82, 2.24) is 0 Å². The molecule has 0 aliphatic rings. The van der Waals surface area contributed by atoms with Crippen LogP contribution in [0, 0.1) is 5.41 Å². The Morgan fingerprint density at radius 3 is 1.39 bits per heavy atom. The molecule has 0 bridgehead atoms. The van der Waals surface area contributed by atoms with E-state index >= 15 is 0 Å². The number of rotatable bonds is 14. The van der Waals surface area contributed by atoms with Crippen LogP contribution in [0.5, 0.6) is 0 Å². The maximum absolute atomic E-state index is 11.2. The Kier molecular flexibility index (Phi) is 21.4. The van der Waals surface area contributed by atoms with Crippen molar-refractivity contribution in [3.8, 4) is 0 Å². The number of hydrogen-bond acceptors (Lipinski definition) is 2. The second kappa shape index (κ2) is 17.4. The molecular weight excluding hydrogens is 298 g/mol. The van der Waals surface area contributed by atoms with Crippen molar-refractivity contribution in [2.24, 2.45) is 5.41 Å². The molecule has 4 nitrogen and oxygen atoms in total. The Balaban J connectivity index is -0.00000200. The van der Waals surface area contributed by atoms with Gasteiger partial charge in [0.2, 0.25) is 0 Å². The number of carboxylic acid groups (broad SMARTS) is 2. The number of hydrogen-bond donors (Lipinski definition) is 2. The third-order valence-electron chi connectivity index (χ3n) is 4.38. The van der Waals surface area contributed by atoms with Crippen molar-refractivity contribution in [1.29, 1.82) is 0 Å². The molecule has 2 N–H and O–H groups in total. The van der Waals surface area contributed by atoms with Crippen LogP contribution in [0.3, 0.4) is 0 Å². The average Bonchev–Trinajstić information content (AvgIpc) is 2.44. The topological polar surface area (TPSA) is 74.6 Å². The number of carboxylic acids is 2. The quantitative estimate of drug-likeness (QED) is 0.290. The van der Waals surface area contributed by atoms with Gasteiger partial charge in [-0.25, -0.2) is 0 Å². The summed E-state index contributed by atoms with van der Waals surface area (Å²) in [6.07, 6.45) is 12.0. The van der Waals surface area contributed by atoms with Crippen LogP contribution in [0.2, 0.25) is 0 Å². The van der Waals surface area contributed by atoms with Crippen molar-refractivity contribution in [3.05, 3.63) is 0 Å². The van der Waals surface area contributed by atoms with E-state index in [1.165, 1.54) is 44.9 Å². The molecule has 0 aromatic heterocycles. The molecule has 0 saturated heterocycles. The van der Waals surface area contributed by atoms with Gasteiger partial charge in [0.1, 0.15) is 0 Å². The van der Waals surface area contributed by atoms with Crippen LogP contribution in [-0.2, 0) is 9.59 Å². The number of unbranched alkanes of at least 4 members (excludes halogenated alkanes) is 9. The van der Waals surface area contributed by atoms with Gasteiger partial charge in [-0.15, -0.1) is 0 Å². The molecule has 0 saturated carbocycles. The van der Waals surface area contributed by atoms with Gasteiger partial charge >= 0.3 is 60.4 Å². The molecule has 0 aromatic rings. The van der Waals surface area contributed by atoms with E-state index in [4.69, 9.17) is 10.2 Å².